The maximum atomic E-state index is 12.7. The van der Waals surface area contributed by atoms with Gasteiger partial charge in [0.05, 0.1) is 15.4 Å². The van der Waals surface area contributed by atoms with E-state index < -0.39 is 10.8 Å². The van der Waals surface area contributed by atoms with E-state index in [9.17, 15) is 19.7 Å². The topological polar surface area (TPSA) is 105 Å². The second-order valence-electron chi connectivity index (χ2n) is 6.45. The molecule has 0 saturated heterocycles. The lowest BCUT2D eigenvalue weighted by Gasteiger charge is -2.14. The van der Waals surface area contributed by atoms with Crippen molar-refractivity contribution in [2.75, 3.05) is 19.4 Å². The Kier molecular flexibility index (Phi) is 5.88. The SMILES string of the molecule is CN(C)NC(=O)c1c(NC(=O)c2ccc([N+](=O)[O-])s2)sc2c1CCCCC2. The molecular weight excluding hydrogens is 388 g/mol. The zero-order valence-electron chi connectivity index (χ0n) is 15.0. The summed E-state index contributed by atoms with van der Waals surface area (Å²) in [5.74, 6) is -0.699. The molecule has 8 nitrogen and oxygen atoms in total. The first-order valence-corrected chi connectivity index (χ1v) is 10.2. The summed E-state index contributed by atoms with van der Waals surface area (Å²) in [7, 11) is 3.46. The van der Waals surface area contributed by atoms with E-state index in [1.165, 1.54) is 23.5 Å². The molecule has 0 unspecified atom stereocenters. The number of aryl methyl sites for hydroxylation is 1. The van der Waals surface area contributed by atoms with Crippen LogP contribution < -0.4 is 10.7 Å². The number of hydrazine groups is 1. The van der Waals surface area contributed by atoms with Crippen molar-refractivity contribution in [3.05, 3.63) is 43.1 Å². The molecule has 0 saturated carbocycles. The molecule has 1 aliphatic rings. The minimum atomic E-state index is -0.523. The van der Waals surface area contributed by atoms with Crippen LogP contribution >= 0.6 is 22.7 Å². The minimum absolute atomic E-state index is 0.0901. The molecule has 2 N–H and O–H groups in total. The van der Waals surface area contributed by atoms with Crippen molar-refractivity contribution in [3.63, 3.8) is 0 Å². The lowest BCUT2D eigenvalue weighted by Crippen LogP contribution is -2.36. The van der Waals surface area contributed by atoms with Gasteiger partial charge >= 0.3 is 5.00 Å². The van der Waals surface area contributed by atoms with Crippen molar-refractivity contribution < 1.29 is 14.5 Å². The van der Waals surface area contributed by atoms with E-state index in [2.05, 4.69) is 10.7 Å². The van der Waals surface area contributed by atoms with Crippen LogP contribution in [0, 0.1) is 10.1 Å². The molecular formula is C17H20N4O4S2. The Bertz CT molecular complexity index is 888. The summed E-state index contributed by atoms with van der Waals surface area (Å²) in [4.78, 5) is 37.0. The minimum Gasteiger partial charge on any atom is -0.312 e. The van der Waals surface area contributed by atoms with Crippen molar-refractivity contribution in [1.29, 1.82) is 0 Å². The fourth-order valence-electron chi connectivity index (χ4n) is 3.04. The molecule has 2 aromatic rings. The highest BCUT2D eigenvalue weighted by Gasteiger charge is 2.27. The first kappa shape index (κ1) is 19.5. The predicted molar refractivity (Wildman–Crippen MR) is 106 cm³/mol. The van der Waals surface area contributed by atoms with Gasteiger partial charge in [-0.3, -0.25) is 25.1 Å². The summed E-state index contributed by atoms with van der Waals surface area (Å²) in [6.45, 7) is 0. The summed E-state index contributed by atoms with van der Waals surface area (Å²) in [6, 6.07) is 2.74. The molecule has 1 aliphatic carbocycles. The van der Waals surface area contributed by atoms with Gasteiger partial charge in [0.25, 0.3) is 11.8 Å². The fourth-order valence-corrected chi connectivity index (χ4v) is 5.04. The third-order valence-corrected chi connectivity index (χ3v) is 6.44. The van der Waals surface area contributed by atoms with Crippen molar-refractivity contribution in [2.24, 2.45) is 0 Å². The third-order valence-electron chi connectivity index (χ3n) is 4.20. The lowest BCUT2D eigenvalue weighted by atomic mass is 10.1. The largest absolute Gasteiger partial charge is 0.324 e. The number of hydrogen-bond acceptors (Lipinski definition) is 7. The van der Waals surface area contributed by atoms with E-state index in [0.29, 0.717) is 10.6 Å². The van der Waals surface area contributed by atoms with E-state index in [1.54, 1.807) is 19.1 Å². The molecule has 0 fully saturated rings. The Morgan fingerprint density at radius 2 is 1.85 bits per heavy atom. The van der Waals surface area contributed by atoms with Crippen LogP contribution in [0.25, 0.3) is 0 Å². The van der Waals surface area contributed by atoms with Crippen molar-refractivity contribution in [1.82, 2.24) is 10.4 Å². The van der Waals surface area contributed by atoms with Crippen LogP contribution in [-0.4, -0.2) is 35.8 Å². The number of nitrogens with zero attached hydrogens (tertiary/aromatic N) is 2. The molecule has 2 heterocycles. The van der Waals surface area contributed by atoms with Crippen molar-refractivity contribution in [3.8, 4) is 0 Å². The van der Waals surface area contributed by atoms with Crippen LogP contribution in [-0.2, 0) is 12.8 Å². The average Bonchev–Trinajstić information content (AvgIpc) is 3.14. The van der Waals surface area contributed by atoms with E-state index in [-0.39, 0.29) is 15.8 Å². The molecule has 10 heteroatoms. The highest BCUT2D eigenvalue weighted by molar-refractivity contribution is 7.18. The van der Waals surface area contributed by atoms with Gasteiger partial charge in [-0.25, -0.2) is 5.01 Å². The number of thiophene rings is 2. The molecule has 0 aromatic carbocycles. The molecule has 0 radical (unpaired) electrons. The summed E-state index contributed by atoms with van der Waals surface area (Å²) >= 11 is 2.24. The van der Waals surface area contributed by atoms with Gasteiger partial charge in [0, 0.05) is 25.0 Å². The number of hydrogen-bond donors (Lipinski definition) is 2. The quantitative estimate of drug-likeness (QED) is 0.448. The van der Waals surface area contributed by atoms with Crippen LogP contribution in [0.5, 0.6) is 0 Å². The van der Waals surface area contributed by atoms with Gasteiger partial charge < -0.3 is 5.32 Å². The zero-order chi connectivity index (χ0) is 19.6. The smallest absolute Gasteiger partial charge is 0.312 e. The Hall–Kier alpha value is -2.30. The second kappa shape index (κ2) is 8.15. The van der Waals surface area contributed by atoms with Gasteiger partial charge in [-0.1, -0.05) is 17.8 Å². The number of amides is 2. The van der Waals surface area contributed by atoms with Gasteiger partial charge in [0.1, 0.15) is 5.00 Å². The molecule has 2 amide bonds. The first-order chi connectivity index (χ1) is 12.9. The van der Waals surface area contributed by atoms with E-state index >= 15 is 0 Å². The number of nitrogens with one attached hydrogen (secondary N) is 2. The number of rotatable bonds is 5. The second-order valence-corrected chi connectivity index (χ2v) is 8.62. The van der Waals surface area contributed by atoms with E-state index in [4.69, 9.17) is 0 Å². The van der Waals surface area contributed by atoms with Crippen molar-refractivity contribution in [2.45, 2.75) is 32.1 Å². The van der Waals surface area contributed by atoms with E-state index in [0.717, 1.165) is 53.9 Å². The summed E-state index contributed by atoms with van der Waals surface area (Å²) in [5, 5.41) is 15.6. The van der Waals surface area contributed by atoms with E-state index in [1.807, 2.05) is 0 Å². The highest BCUT2D eigenvalue weighted by Crippen LogP contribution is 2.38. The Morgan fingerprint density at radius 1 is 1.11 bits per heavy atom. The van der Waals surface area contributed by atoms with Gasteiger partial charge in [-0.15, -0.1) is 11.3 Å². The van der Waals surface area contributed by atoms with Gasteiger partial charge in [-0.2, -0.15) is 0 Å². The molecule has 2 aromatic heterocycles. The summed E-state index contributed by atoms with van der Waals surface area (Å²) in [6.07, 6.45) is 4.89. The van der Waals surface area contributed by atoms with Crippen LogP contribution in [0.4, 0.5) is 10.0 Å². The summed E-state index contributed by atoms with van der Waals surface area (Å²) < 4.78 is 0. The Balaban J connectivity index is 1.92. The molecule has 0 bridgehead atoms. The monoisotopic (exact) mass is 408 g/mol. The maximum Gasteiger partial charge on any atom is 0.324 e. The summed E-state index contributed by atoms with van der Waals surface area (Å²) in [5.41, 5.74) is 4.26. The predicted octanol–water partition coefficient (Wildman–Crippen LogP) is 3.45. The van der Waals surface area contributed by atoms with Crippen LogP contribution in [0.15, 0.2) is 12.1 Å². The molecule has 27 heavy (non-hydrogen) atoms. The Morgan fingerprint density at radius 3 is 2.52 bits per heavy atom. The number of anilines is 1. The normalized spacial score (nSPS) is 13.7. The van der Waals surface area contributed by atoms with Crippen LogP contribution in [0.2, 0.25) is 0 Å². The number of fused-ring (bicyclic) bond motifs is 1. The molecule has 0 spiro atoms. The van der Waals surface area contributed by atoms with Gasteiger partial charge in [0.15, 0.2) is 0 Å². The average molecular weight is 409 g/mol. The number of carbonyl (C=O) groups is 2. The highest BCUT2D eigenvalue weighted by atomic mass is 32.1. The van der Waals surface area contributed by atoms with Crippen LogP contribution in [0.1, 0.15) is 49.7 Å². The van der Waals surface area contributed by atoms with Gasteiger partial charge in [0.2, 0.25) is 0 Å². The first-order valence-electron chi connectivity index (χ1n) is 8.55. The lowest BCUT2D eigenvalue weighted by molar-refractivity contribution is -0.380. The maximum absolute atomic E-state index is 12.7. The molecule has 144 valence electrons. The van der Waals surface area contributed by atoms with Crippen LogP contribution in [0.3, 0.4) is 0 Å². The molecule has 0 atom stereocenters. The standard InChI is InChI=1S/C17H20N4O4S2/c1-20(2)19-16(23)14-10-6-4-3-5-7-11(10)27-17(14)18-15(22)12-8-9-13(26-12)21(24)25/h8-9H,3-7H2,1-2H3,(H,18,22)(H,19,23). The fraction of sp³-hybridized carbons (Fsp3) is 0.412. The molecule has 3 rings (SSSR count). The number of carbonyl (C=O) groups excluding carboxylic acids is 2. The zero-order valence-corrected chi connectivity index (χ0v) is 16.7. The Labute approximate surface area is 164 Å². The third kappa shape index (κ3) is 4.34. The number of nitro groups is 1. The van der Waals surface area contributed by atoms with Crippen molar-refractivity contribution >= 4 is 44.5 Å². The molecule has 0 aliphatic heterocycles. The van der Waals surface area contributed by atoms with Gasteiger partial charge in [-0.05, 0) is 37.3 Å².